The second-order valence-electron chi connectivity index (χ2n) is 7.35. The van der Waals surface area contributed by atoms with Gasteiger partial charge in [0.05, 0.1) is 25.3 Å². The van der Waals surface area contributed by atoms with Crippen LogP contribution in [-0.2, 0) is 0 Å². The Balaban J connectivity index is 1.95. The van der Waals surface area contributed by atoms with Crippen molar-refractivity contribution in [3.05, 3.63) is 90.2 Å². The first kappa shape index (κ1) is 22.7. The molecular weight excluding hydrogens is 439 g/mol. The molecule has 172 valence electrons. The molecule has 0 aromatic heterocycles. The van der Waals surface area contributed by atoms with Gasteiger partial charge in [-0.25, -0.2) is 9.18 Å². The Labute approximate surface area is 195 Å². The normalized spacial score (nSPS) is 10.6. The molecule has 0 aliphatic carbocycles. The van der Waals surface area contributed by atoms with Crippen LogP contribution in [0.25, 0.3) is 22.3 Å². The molecule has 2 N–H and O–H groups in total. The molecule has 0 heterocycles. The van der Waals surface area contributed by atoms with Crippen molar-refractivity contribution >= 4 is 5.97 Å². The highest BCUT2D eigenvalue weighted by Gasteiger charge is 2.26. The molecule has 0 bridgehead atoms. The molecule has 0 saturated heterocycles. The summed E-state index contributed by atoms with van der Waals surface area (Å²) < 4.78 is 30.5. The number of carbonyl (C=O) groups excluding carboxylic acids is 1. The van der Waals surface area contributed by atoms with Crippen molar-refractivity contribution < 1.29 is 33.6 Å². The van der Waals surface area contributed by atoms with Gasteiger partial charge in [-0.3, -0.25) is 0 Å². The molecule has 0 amide bonds. The number of hydrogen-bond acceptors (Lipinski definition) is 6. The van der Waals surface area contributed by atoms with Gasteiger partial charge in [0.25, 0.3) is 0 Å². The highest BCUT2D eigenvalue weighted by molar-refractivity contribution is 5.95. The maximum atomic E-state index is 13.4. The molecule has 0 saturated carbocycles. The maximum Gasteiger partial charge on any atom is 0.343 e. The molecule has 0 atom stereocenters. The number of ether oxygens (including phenoxy) is 3. The van der Waals surface area contributed by atoms with E-state index in [4.69, 9.17) is 14.2 Å². The van der Waals surface area contributed by atoms with E-state index in [1.54, 1.807) is 30.3 Å². The number of esters is 1. The summed E-state index contributed by atoms with van der Waals surface area (Å²) >= 11 is 0. The molecule has 0 spiro atoms. The van der Waals surface area contributed by atoms with E-state index in [1.807, 2.05) is 0 Å². The Bertz CT molecular complexity index is 1310. The first-order valence-corrected chi connectivity index (χ1v) is 10.3. The molecule has 6 nitrogen and oxygen atoms in total. The first-order chi connectivity index (χ1) is 16.4. The summed E-state index contributed by atoms with van der Waals surface area (Å²) in [6, 6.07) is 19.5. The molecule has 4 aromatic rings. The number of aromatic hydroxyl groups is 2. The molecule has 34 heavy (non-hydrogen) atoms. The van der Waals surface area contributed by atoms with E-state index in [1.165, 1.54) is 62.8 Å². The van der Waals surface area contributed by atoms with Crippen molar-refractivity contribution in [2.45, 2.75) is 0 Å². The smallest absolute Gasteiger partial charge is 0.343 e. The lowest BCUT2D eigenvalue weighted by Gasteiger charge is -2.21. The third kappa shape index (κ3) is 4.49. The fourth-order valence-corrected chi connectivity index (χ4v) is 3.57. The summed E-state index contributed by atoms with van der Waals surface area (Å²) in [7, 11) is 2.93. The van der Waals surface area contributed by atoms with Gasteiger partial charge in [-0.1, -0.05) is 24.3 Å². The fourth-order valence-electron chi connectivity index (χ4n) is 3.57. The zero-order valence-electron chi connectivity index (χ0n) is 18.4. The average Bonchev–Trinajstić information content (AvgIpc) is 2.85. The zero-order valence-corrected chi connectivity index (χ0v) is 18.4. The van der Waals surface area contributed by atoms with Gasteiger partial charge in [0, 0.05) is 5.56 Å². The summed E-state index contributed by atoms with van der Waals surface area (Å²) in [5.41, 5.74) is 2.42. The summed E-state index contributed by atoms with van der Waals surface area (Å²) in [5.74, 6) is -0.303. The van der Waals surface area contributed by atoms with E-state index in [-0.39, 0.29) is 28.6 Å². The maximum absolute atomic E-state index is 13.4. The first-order valence-electron chi connectivity index (χ1n) is 10.3. The molecule has 4 aromatic carbocycles. The van der Waals surface area contributed by atoms with Crippen LogP contribution >= 0.6 is 0 Å². The standard InChI is InChI=1S/C27H21FO6/c1-32-23-15-22(16-5-11-20(29)12-6-16)25(33-2)26(24(23)17-7-13-21(30)14-8-17)34-27(31)18-3-9-19(28)10-4-18/h3-15,29-30H,1-2H3. The summed E-state index contributed by atoms with van der Waals surface area (Å²) in [5, 5.41) is 19.4. The van der Waals surface area contributed by atoms with Crippen LogP contribution in [0.15, 0.2) is 78.9 Å². The van der Waals surface area contributed by atoms with Gasteiger partial charge in [-0.2, -0.15) is 0 Å². The largest absolute Gasteiger partial charge is 0.508 e. The van der Waals surface area contributed by atoms with Gasteiger partial charge in [-0.15, -0.1) is 0 Å². The Morgan fingerprint density at radius 1 is 0.735 bits per heavy atom. The van der Waals surface area contributed by atoms with Crippen molar-refractivity contribution in [2.75, 3.05) is 14.2 Å². The number of benzene rings is 4. The van der Waals surface area contributed by atoms with Gasteiger partial charge in [0.15, 0.2) is 11.5 Å². The van der Waals surface area contributed by atoms with Gasteiger partial charge in [0.2, 0.25) is 0 Å². The Kier molecular flexibility index (Phi) is 6.36. The third-order valence-electron chi connectivity index (χ3n) is 5.23. The third-order valence-corrected chi connectivity index (χ3v) is 5.23. The molecule has 7 heteroatoms. The number of halogens is 1. The molecule has 4 rings (SSSR count). The highest BCUT2D eigenvalue weighted by atomic mass is 19.1. The predicted molar refractivity (Wildman–Crippen MR) is 125 cm³/mol. The number of carbonyl (C=O) groups is 1. The summed E-state index contributed by atoms with van der Waals surface area (Å²) in [6.45, 7) is 0. The monoisotopic (exact) mass is 460 g/mol. The number of phenols is 2. The minimum absolute atomic E-state index is 0.0697. The van der Waals surface area contributed by atoms with E-state index >= 15 is 0 Å². The molecule has 0 aliphatic heterocycles. The summed E-state index contributed by atoms with van der Waals surface area (Å²) in [4.78, 5) is 13.0. The zero-order chi connectivity index (χ0) is 24.2. The van der Waals surface area contributed by atoms with Crippen LogP contribution < -0.4 is 14.2 Å². The van der Waals surface area contributed by atoms with E-state index in [2.05, 4.69) is 0 Å². The number of methoxy groups -OCH3 is 2. The predicted octanol–water partition coefficient (Wildman–Crippen LogP) is 5.81. The van der Waals surface area contributed by atoms with Crippen molar-refractivity contribution in [2.24, 2.45) is 0 Å². The molecule has 0 unspecified atom stereocenters. The molecule has 0 fully saturated rings. The molecule has 0 radical (unpaired) electrons. The van der Waals surface area contributed by atoms with E-state index in [9.17, 15) is 19.4 Å². The van der Waals surface area contributed by atoms with Crippen LogP contribution in [0.2, 0.25) is 0 Å². The lowest BCUT2D eigenvalue weighted by atomic mass is 9.96. The fraction of sp³-hybridized carbons (Fsp3) is 0.0741. The van der Waals surface area contributed by atoms with Crippen LogP contribution in [0.4, 0.5) is 4.39 Å². The second kappa shape index (κ2) is 9.54. The second-order valence-corrected chi connectivity index (χ2v) is 7.35. The van der Waals surface area contributed by atoms with Gasteiger partial charge in [0.1, 0.15) is 23.1 Å². The van der Waals surface area contributed by atoms with E-state index in [0.29, 0.717) is 28.0 Å². The average molecular weight is 460 g/mol. The highest BCUT2D eigenvalue weighted by Crippen LogP contribution is 2.50. The van der Waals surface area contributed by atoms with Crippen LogP contribution in [0.5, 0.6) is 28.7 Å². The summed E-state index contributed by atoms with van der Waals surface area (Å²) in [6.07, 6.45) is 0. The molecule has 0 aliphatic rings. The van der Waals surface area contributed by atoms with Crippen molar-refractivity contribution in [3.63, 3.8) is 0 Å². The van der Waals surface area contributed by atoms with Gasteiger partial charge < -0.3 is 24.4 Å². The SMILES string of the molecule is COc1cc(-c2ccc(O)cc2)c(OC)c(OC(=O)c2ccc(F)cc2)c1-c1ccc(O)cc1. The van der Waals surface area contributed by atoms with E-state index in [0.717, 1.165) is 0 Å². The van der Waals surface area contributed by atoms with Crippen molar-refractivity contribution in [3.8, 4) is 51.0 Å². The minimum Gasteiger partial charge on any atom is -0.508 e. The van der Waals surface area contributed by atoms with Crippen molar-refractivity contribution in [1.29, 1.82) is 0 Å². The van der Waals surface area contributed by atoms with Gasteiger partial charge in [-0.05, 0) is 65.7 Å². The molecular formula is C27H21FO6. The van der Waals surface area contributed by atoms with Gasteiger partial charge >= 0.3 is 5.97 Å². The van der Waals surface area contributed by atoms with Crippen LogP contribution in [-0.4, -0.2) is 30.4 Å². The topological polar surface area (TPSA) is 85.2 Å². The minimum atomic E-state index is -0.719. The van der Waals surface area contributed by atoms with Crippen LogP contribution in [0, 0.1) is 5.82 Å². The quantitative estimate of drug-likeness (QED) is 0.279. The van der Waals surface area contributed by atoms with Crippen LogP contribution in [0.1, 0.15) is 10.4 Å². The Morgan fingerprint density at radius 3 is 1.82 bits per heavy atom. The number of hydrogen-bond donors (Lipinski definition) is 2. The van der Waals surface area contributed by atoms with Crippen LogP contribution in [0.3, 0.4) is 0 Å². The Morgan fingerprint density at radius 2 is 1.29 bits per heavy atom. The van der Waals surface area contributed by atoms with Crippen molar-refractivity contribution in [1.82, 2.24) is 0 Å². The lowest BCUT2D eigenvalue weighted by Crippen LogP contribution is -2.11. The lowest BCUT2D eigenvalue weighted by molar-refractivity contribution is 0.0730. The van der Waals surface area contributed by atoms with E-state index < -0.39 is 11.8 Å². The number of rotatable bonds is 6. The number of phenolic OH excluding ortho intramolecular Hbond substituents is 2. The Hall–Kier alpha value is -4.52.